The number of aliphatic hydroxyl groups is 2. The van der Waals surface area contributed by atoms with Crippen LogP contribution in [0.4, 0.5) is 0 Å². The highest BCUT2D eigenvalue weighted by Crippen LogP contribution is 2.43. The second-order valence-electron chi connectivity index (χ2n) is 14.7. The molecular weight excluding hydrogens is 792 g/mol. The fourth-order valence-electron chi connectivity index (χ4n) is 5.37. The van der Waals surface area contributed by atoms with E-state index in [1.807, 2.05) is 12.2 Å². The van der Waals surface area contributed by atoms with E-state index < -0.39 is 51.8 Å². The van der Waals surface area contributed by atoms with Crippen LogP contribution in [-0.2, 0) is 32.7 Å². The van der Waals surface area contributed by atoms with Crippen molar-refractivity contribution in [3.05, 3.63) is 109 Å². The molecule has 0 aliphatic carbocycles. The molecule has 1 unspecified atom stereocenters. The van der Waals surface area contributed by atoms with Crippen LogP contribution in [0.1, 0.15) is 155 Å². The van der Waals surface area contributed by atoms with E-state index in [0.717, 1.165) is 64.2 Å². The zero-order valence-corrected chi connectivity index (χ0v) is 38.5. The molecule has 0 saturated carbocycles. The van der Waals surface area contributed by atoms with Crippen molar-refractivity contribution < 1.29 is 47.8 Å². The van der Waals surface area contributed by atoms with Gasteiger partial charge in [-0.1, -0.05) is 155 Å². The highest BCUT2D eigenvalue weighted by atomic mass is 31.2. The highest BCUT2D eigenvalue weighted by molar-refractivity contribution is 7.47. The van der Waals surface area contributed by atoms with Crippen molar-refractivity contribution in [2.24, 2.45) is 0 Å². The van der Waals surface area contributed by atoms with Crippen molar-refractivity contribution in [1.29, 1.82) is 0 Å². The van der Waals surface area contributed by atoms with Crippen LogP contribution < -0.4 is 0 Å². The lowest BCUT2D eigenvalue weighted by Crippen LogP contribution is -2.29. The molecule has 0 heterocycles. The lowest BCUT2D eigenvalue weighted by Gasteiger charge is -2.20. The molecular formula is C50H81O10P. The molecule has 0 saturated heterocycles. The molecule has 3 N–H and O–H groups in total. The quantitative estimate of drug-likeness (QED) is 0.0235. The summed E-state index contributed by atoms with van der Waals surface area (Å²) >= 11 is 0. The van der Waals surface area contributed by atoms with E-state index in [2.05, 4.69) is 116 Å². The van der Waals surface area contributed by atoms with Crippen LogP contribution in [0.5, 0.6) is 0 Å². The van der Waals surface area contributed by atoms with Gasteiger partial charge < -0.3 is 24.6 Å². The molecule has 0 aliphatic rings. The summed E-state index contributed by atoms with van der Waals surface area (Å²) in [6.45, 7) is 2.18. The minimum atomic E-state index is -4.65. The minimum absolute atomic E-state index is 0.104. The molecule has 0 aliphatic heterocycles. The predicted octanol–water partition coefficient (Wildman–Crippen LogP) is 12.6. The molecule has 61 heavy (non-hydrogen) atoms. The highest BCUT2D eigenvalue weighted by Gasteiger charge is 2.27. The monoisotopic (exact) mass is 873 g/mol. The van der Waals surface area contributed by atoms with Crippen molar-refractivity contribution in [3.8, 4) is 0 Å². The second kappa shape index (κ2) is 44.7. The van der Waals surface area contributed by atoms with Gasteiger partial charge in [0.2, 0.25) is 0 Å². The summed E-state index contributed by atoms with van der Waals surface area (Å²) in [5, 5.41) is 18.4. The Morgan fingerprint density at radius 2 is 0.885 bits per heavy atom. The first-order valence-corrected chi connectivity index (χ1v) is 24.3. The zero-order valence-electron chi connectivity index (χ0n) is 37.6. The van der Waals surface area contributed by atoms with Gasteiger partial charge >= 0.3 is 19.8 Å². The third-order valence-corrected chi connectivity index (χ3v) is 9.86. The minimum Gasteiger partial charge on any atom is -0.462 e. The van der Waals surface area contributed by atoms with Crippen LogP contribution in [0.25, 0.3) is 0 Å². The first kappa shape index (κ1) is 57.6. The van der Waals surface area contributed by atoms with Gasteiger partial charge in [0.15, 0.2) is 6.10 Å². The number of allylic oxidation sites excluding steroid dienone is 18. The molecule has 0 rings (SSSR count). The Morgan fingerprint density at radius 1 is 0.492 bits per heavy atom. The summed E-state index contributed by atoms with van der Waals surface area (Å²) < 4.78 is 32.6. The molecule has 0 aromatic rings. The van der Waals surface area contributed by atoms with Crippen LogP contribution in [-0.4, -0.2) is 65.7 Å². The van der Waals surface area contributed by atoms with Gasteiger partial charge in [-0.25, -0.2) is 4.57 Å². The van der Waals surface area contributed by atoms with Crippen molar-refractivity contribution in [2.75, 3.05) is 26.4 Å². The third-order valence-electron chi connectivity index (χ3n) is 8.91. The van der Waals surface area contributed by atoms with E-state index in [4.69, 9.17) is 19.1 Å². The van der Waals surface area contributed by atoms with E-state index in [1.54, 1.807) is 0 Å². The largest absolute Gasteiger partial charge is 0.472 e. The maximum atomic E-state index is 12.6. The lowest BCUT2D eigenvalue weighted by molar-refractivity contribution is -0.161. The molecule has 0 spiro atoms. The second-order valence-corrected chi connectivity index (χ2v) is 16.2. The number of esters is 2. The average molecular weight is 873 g/mol. The van der Waals surface area contributed by atoms with Gasteiger partial charge in [0.25, 0.3) is 0 Å². The molecule has 3 atom stereocenters. The number of rotatable bonds is 41. The summed E-state index contributed by atoms with van der Waals surface area (Å²) in [6, 6.07) is 0. The first-order valence-electron chi connectivity index (χ1n) is 22.8. The molecule has 0 bridgehead atoms. The maximum Gasteiger partial charge on any atom is 0.472 e. The van der Waals surface area contributed by atoms with Crippen molar-refractivity contribution in [1.82, 2.24) is 0 Å². The number of hydrogen-bond acceptors (Lipinski definition) is 9. The summed E-state index contributed by atoms with van der Waals surface area (Å²) in [4.78, 5) is 35.0. The number of aliphatic hydroxyl groups excluding tert-OH is 2. The Balaban J connectivity index is 4.48. The topological polar surface area (TPSA) is 149 Å². The lowest BCUT2D eigenvalue weighted by atomic mass is 10.1. The Morgan fingerprint density at radius 3 is 1.31 bits per heavy atom. The summed E-state index contributed by atoms with van der Waals surface area (Å²) in [5.74, 6) is -1.07. The predicted molar refractivity (Wildman–Crippen MR) is 251 cm³/mol. The normalized spacial score (nSPS) is 14.8. The summed E-state index contributed by atoms with van der Waals surface area (Å²) in [6.07, 6.45) is 56.3. The van der Waals surface area contributed by atoms with Crippen LogP contribution in [0.15, 0.2) is 109 Å². The Labute approximate surface area is 369 Å². The van der Waals surface area contributed by atoms with Crippen LogP contribution >= 0.6 is 7.82 Å². The molecule has 0 aromatic heterocycles. The van der Waals surface area contributed by atoms with E-state index in [9.17, 15) is 24.2 Å². The number of carbonyl (C=O) groups is 2. The smallest absolute Gasteiger partial charge is 0.462 e. The SMILES string of the molecule is CCCCC/C=C/C/C=C/C/C=C/C/C=C/C/C=C/CCC(=O)OC[C@H](COP(=O)(O)OC[C@@H](O)CO)OC(=O)CCCCC/C=C/C/C=C/C/C=C/C/C=C/CCCCC. The van der Waals surface area contributed by atoms with Crippen molar-refractivity contribution in [2.45, 2.75) is 167 Å². The Kier molecular flexibility index (Phi) is 42.2. The van der Waals surface area contributed by atoms with Gasteiger partial charge in [-0.2, -0.15) is 0 Å². The van der Waals surface area contributed by atoms with Gasteiger partial charge in [0, 0.05) is 12.8 Å². The van der Waals surface area contributed by atoms with Gasteiger partial charge in [0.1, 0.15) is 12.7 Å². The number of phosphoric ester groups is 1. The average Bonchev–Trinajstić information content (AvgIpc) is 3.25. The molecule has 0 amide bonds. The summed E-state index contributed by atoms with van der Waals surface area (Å²) in [7, 11) is -4.65. The van der Waals surface area contributed by atoms with Crippen molar-refractivity contribution >= 4 is 19.8 Å². The van der Waals surface area contributed by atoms with E-state index >= 15 is 0 Å². The van der Waals surface area contributed by atoms with E-state index in [0.29, 0.717) is 12.8 Å². The fraction of sp³-hybridized carbons (Fsp3) is 0.600. The van der Waals surface area contributed by atoms with Gasteiger partial charge in [-0.15, -0.1) is 0 Å². The third kappa shape index (κ3) is 44.5. The molecule has 0 aromatic carbocycles. The number of unbranched alkanes of at least 4 members (excludes halogenated alkanes) is 9. The number of carbonyl (C=O) groups excluding carboxylic acids is 2. The summed E-state index contributed by atoms with van der Waals surface area (Å²) in [5.41, 5.74) is 0. The Bertz CT molecular complexity index is 1370. The standard InChI is InChI=1S/C50H81O10P/c1-3-5-7-9-11-13-15-17-19-21-23-25-27-29-31-33-35-37-39-41-49(53)57-45-48(46-59-61(55,56)58-44-47(52)43-51)60-50(54)42-40-38-36-34-32-30-28-26-24-22-20-18-16-14-12-10-8-6-4-2/h11-14,17-20,23-26,29-32,35,37,47-48,51-52H,3-10,15-16,21-22,27-28,33-34,36,38-46H2,1-2H3,(H,55,56)/b13-11+,14-12+,19-17+,20-18+,25-23+,26-24+,31-29+,32-30+,37-35+/t47-,48+/m0/s1. The van der Waals surface area contributed by atoms with Crippen LogP contribution in [0.2, 0.25) is 0 Å². The zero-order chi connectivity index (χ0) is 44.8. The molecule has 0 radical (unpaired) electrons. The molecule has 0 fully saturated rings. The van der Waals surface area contributed by atoms with E-state index in [-0.39, 0.29) is 19.4 Å². The van der Waals surface area contributed by atoms with Crippen molar-refractivity contribution in [3.63, 3.8) is 0 Å². The number of phosphoric acid groups is 1. The van der Waals surface area contributed by atoms with Gasteiger partial charge in [-0.05, 0) is 96.3 Å². The number of hydrogen-bond donors (Lipinski definition) is 3. The number of ether oxygens (including phenoxy) is 2. The van der Waals surface area contributed by atoms with Crippen LogP contribution in [0.3, 0.4) is 0 Å². The fourth-order valence-corrected chi connectivity index (χ4v) is 6.16. The van der Waals surface area contributed by atoms with E-state index in [1.165, 1.54) is 51.4 Å². The van der Waals surface area contributed by atoms with Gasteiger partial charge in [-0.3, -0.25) is 18.6 Å². The first-order chi connectivity index (χ1) is 29.7. The van der Waals surface area contributed by atoms with Gasteiger partial charge in [0.05, 0.1) is 19.8 Å². The molecule has 346 valence electrons. The maximum absolute atomic E-state index is 12.6. The molecule has 11 heteroatoms. The molecule has 10 nitrogen and oxygen atoms in total. The van der Waals surface area contributed by atoms with Crippen LogP contribution in [0, 0.1) is 0 Å². The Hall–Kier alpha value is -3.37.